The van der Waals surface area contributed by atoms with Crippen LogP contribution >= 0.6 is 0 Å². The van der Waals surface area contributed by atoms with Crippen molar-refractivity contribution in [3.05, 3.63) is 48.6 Å². The van der Waals surface area contributed by atoms with E-state index in [1.165, 1.54) is 64.2 Å². The first-order valence-corrected chi connectivity index (χ1v) is 16.1. The molecule has 0 radical (unpaired) electrons. The maximum atomic E-state index is 12.5. The first-order chi connectivity index (χ1) is 19.1. The standard InChI is InChI=1S/C35H60O4/c1-3-5-7-9-11-13-15-16-18-21-25-29-33(30-26-22-20-23-27-31-34(36)37)39-35(38)32-28-24-19-17-14-12-10-8-6-4-2/h8,10-11,13,16,18,25,29,33H,3-7,9,12,14-15,17,19-24,26-28,30-32H2,1-2H3,(H,36,37)/b10-8-,13-11-,18-16-,29-25-. The number of allylic oxidation sites excluding steroid dienone is 7. The first kappa shape index (κ1) is 36.9. The zero-order valence-electron chi connectivity index (χ0n) is 25.4. The van der Waals surface area contributed by atoms with Gasteiger partial charge in [0.05, 0.1) is 0 Å². The minimum atomic E-state index is -0.719. The molecule has 0 spiro atoms. The SMILES string of the molecule is CCC/C=C\CCCCCCCC(=O)OC(/C=C\C/C=C\C/C=C\CCCCC)CCCCCCCC(=O)O. The lowest BCUT2D eigenvalue weighted by Gasteiger charge is -2.14. The number of aliphatic carboxylic acids is 1. The fourth-order valence-electron chi connectivity index (χ4n) is 4.34. The number of carboxylic acids is 1. The van der Waals surface area contributed by atoms with Crippen LogP contribution in [0.2, 0.25) is 0 Å². The van der Waals surface area contributed by atoms with Crippen LogP contribution in [0.3, 0.4) is 0 Å². The van der Waals surface area contributed by atoms with E-state index in [4.69, 9.17) is 9.84 Å². The number of carbonyl (C=O) groups is 2. The number of carbonyl (C=O) groups excluding carboxylic acids is 1. The lowest BCUT2D eigenvalue weighted by atomic mass is 10.1. The summed E-state index contributed by atoms with van der Waals surface area (Å²) in [6, 6.07) is 0. The minimum Gasteiger partial charge on any atom is -0.481 e. The molecule has 1 atom stereocenters. The Morgan fingerprint density at radius 3 is 1.82 bits per heavy atom. The van der Waals surface area contributed by atoms with E-state index in [-0.39, 0.29) is 18.5 Å². The highest BCUT2D eigenvalue weighted by atomic mass is 16.5. The van der Waals surface area contributed by atoms with Crippen molar-refractivity contribution in [2.45, 2.75) is 161 Å². The van der Waals surface area contributed by atoms with Crippen molar-refractivity contribution in [2.75, 3.05) is 0 Å². The third-order valence-corrected chi connectivity index (χ3v) is 6.74. The Labute approximate surface area is 241 Å². The van der Waals surface area contributed by atoms with E-state index in [0.717, 1.165) is 64.2 Å². The smallest absolute Gasteiger partial charge is 0.306 e. The molecule has 0 aromatic rings. The molecular weight excluding hydrogens is 484 g/mol. The molecule has 1 unspecified atom stereocenters. The van der Waals surface area contributed by atoms with Gasteiger partial charge in [0.2, 0.25) is 0 Å². The van der Waals surface area contributed by atoms with Gasteiger partial charge in [-0.05, 0) is 76.7 Å². The van der Waals surface area contributed by atoms with Gasteiger partial charge in [-0.1, -0.05) is 114 Å². The lowest BCUT2D eigenvalue weighted by Crippen LogP contribution is -2.16. The third kappa shape index (κ3) is 30.3. The molecule has 0 aliphatic carbocycles. The second kappa shape index (κ2) is 30.4. The summed E-state index contributed by atoms with van der Waals surface area (Å²) in [4.78, 5) is 23.1. The highest BCUT2D eigenvalue weighted by Crippen LogP contribution is 2.14. The number of ether oxygens (including phenoxy) is 1. The van der Waals surface area contributed by atoms with Gasteiger partial charge < -0.3 is 9.84 Å². The Morgan fingerprint density at radius 2 is 1.13 bits per heavy atom. The zero-order chi connectivity index (χ0) is 28.7. The molecule has 0 aliphatic rings. The predicted octanol–water partition coefficient (Wildman–Crippen LogP) is 10.8. The molecule has 39 heavy (non-hydrogen) atoms. The quantitative estimate of drug-likeness (QED) is 0.0604. The zero-order valence-corrected chi connectivity index (χ0v) is 25.4. The topological polar surface area (TPSA) is 63.6 Å². The van der Waals surface area contributed by atoms with Crippen LogP contribution in [-0.4, -0.2) is 23.1 Å². The summed E-state index contributed by atoms with van der Waals surface area (Å²) in [5, 5.41) is 8.76. The molecule has 1 N–H and O–H groups in total. The van der Waals surface area contributed by atoms with Crippen molar-refractivity contribution in [1.82, 2.24) is 0 Å². The molecule has 4 nitrogen and oxygen atoms in total. The molecule has 4 heteroatoms. The van der Waals surface area contributed by atoms with Crippen LogP contribution in [-0.2, 0) is 14.3 Å². The van der Waals surface area contributed by atoms with E-state index < -0.39 is 5.97 Å². The van der Waals surface area contributed by atoms with E-state index in [1.54, 1.807) is 0 Å². The molecule has 0 amide bonds. The molecule has 0 aromatic heterocycles. The summed E-state index contributed by atoms with van der Waals surface area (Å²) in [5.41, 5.74) is 0. The van der Waals surface area contributed by atoms with Gasteiger partial charge in [-0.25, -0.2) is 0 Å². The van der Waals surface area contributed by atoms with E-state index in [0.29, 0.717) is 6.42 Å². The summed E-state index contributed by atoms with van der Waals surface area (Å²) in [7, 11) is 0. The molecule has 0 saturated carbocycles. The van der Waals surface area contributed by atoms with Crippen LogP contribution in [0, 0.1) is 0 Å². The average molecular weight is 545 g/mol. The number of unbranched alkanes of at least 4 members (excludes halogenated alkanes) is 13. The fourth-order valence-corrected chi connectivity index (χ4v) is 4.34. The van der Waals surface area contributed by atoms with Crippen molar-refractivity contribution < 1.29 is 19.4 Å². The average Bonchev–Trinajstić information content (AvgIpc) is 2.91. The molecule has 0 aliphatic heterocycles. The maximum absolute atomic E-state index is 12.5. The molecule has 0 saturated heterocycles. The number of carboxylic acid groups (broad SMARTS) is 1. The Kier molecular flexibility index (Phi) is 28.8. The fraction of sp³-hybridized carbons (Fsp3) is 0.714. The van der Waals surface area contributed by atoms with Gasteiger partial charge in [-0.3, -0.25) is 9.59 Å². The molecule has 0 aromatic carbocycles. The molecule has 224 valence electrons. The van der Waals surface area contributed by atoms with Crippen LogP contribution in [0.15, 0.2) is 48.6 Å². The lowest BCUT2D eigenvalue weighted by molar-refractivity contribution is -0.147. The molecule has 0 fully saturated rings. The van der Waals surface area contributed by atoms with Crippen molar-refractivity contribution in [3.63, 3.8) is 0 Å². The highest BCUT2D eigenvalue weighted by molar-refractivity contribution is 5.69. The number of hydrogen-bond acceptors (Lipinski definition) is 3. The van der Waals surface area contributed by atoms with E-state index in [2.05, 4.69) is 62.5 Å². The molecule has 0 rings (SSSR count). The van der Waals surface area contributed by atoms with Gasteiger partial charge in [-0.15, -0.1) is 0 Å². The van der Waals surface area contributed by atoms with Crippen molar-refractivity contribution >= 4 is 11.9 Å². The molecule has 0 heterocycles. The summed E-state index contributed by atoms with van der Waals surface area (Å²) in [6.45, 7) is 4.43. The monoisotopic (exact) mass is 544 g/mol. The van der Waals surface area contributed by atoms with Crippen LogP contribution < -0.4 is 0 Å². The van der Waals surface area contributed by atoms with Crippen molar-refractivity contribution in [1.29, 1.82) is 0 Å². The van der Waals surface area contributed by atoms with Gasteiger partial charge >= 0.3 is 11.9 Å². The Hall–Kier alpha value is -2.10. The molecular formula is C35H60O4. The second-order valence-electron chi connectivity index (χ2n) is 10.6. The summed E-state index contributed by atoms with van der Waals surface area (Å²) in [5.74, 6) is -0.805. The van der Waals surface area contributed by atoms with Crippen LogP contribution in [0.4, 0.5) is 0 Å². The van der Waals surface area contributed by atoms with E-state index in [9.17, 15) is 9.59 Å². The largest absolute Gasteiger partial charge is 0.481 e. The van der Waals surface area contributed by atoms with E-state index in [1.807, 2.05) is 0 Å². The van der Waals surface area contributed by atoms with Crippen LogP contribution in [0.1, 0.15) is 155 Å². The maximum Gasteiger partial charge on any atom is 0.306 e. The number of rotatable bonds is 28. The first-order valence-electron chi connectivity index (χ1n) is 16.1. The summed E-state index contributed by atoms with van der Waals surface area (Å²) < 4.78 is 5.84. The van der Waals surface area contributed by atoms with Crippen molar-refractivity contribution in [2.24, 2.45) is 0 Å². The normalized spacial score (nSPS) is 12.9. The Bertz CT molecular complexity index is 674. The van der Waals surface area contributed by atoms with Gasteiger partial charge in [-0.2, -0.15) is 0 Å². The van der Waals surface area contributed by atoms with Gasteiger partial charge in [0, 0.05) is 12.8 Å². The molecule has 0 bridgehead atoms. The van der Waals surface area contributed by atoms with Crippen molar-refractivity contribution in [3.8, 4) is 0 Å². The van der Waals surface area contributed by atoms with Crippen LogP contribution in [0.25, 0.3) is 0 Å². The Balaban J connectivity index is 4.30. The summed E-state index contributed by atoms with van der Waals surface area (Å²) in [6.07, 6.45) is 39.8. The predicted molar refractivity (Wildman–Crippen MR) is 167 cm³/mol. The highest BCUT2D eigenvalue weighted by Gasteiger charge is 2.11. The Morgan fingerprint density at radius 1 is 0.590 bits per heavy atom. The van der Waals surface area contributed by atoms with Gasteiger partial charge in [0.15, 0.2) is 0 Å². The van der Waals surface area contributed by atoms with Gasteiger partial charge in [0.1, 0.15) is 6.10 Å². The minimum absolute atomic E-state index is 0.0858. The summed E-state index contributed by atoms with van der Waals surface area (Å²) >= 11 is 0. The van der Waals surface area contributed by atoms with E-state index >= 15 is 0 Å². The van der Waals surface area contributed by atoms with Gasteiger partial charge in [0.25, 0.3) is 0 Å². The second-order valence-corrected chi connectivity index (χ2v) is 10.6. The third-order valence-electron chi connectivity index (χ3n) is 6.74. The van der Waals surface area contributed by atoms with Crippen LogP contribution in [0.5, 0.6) is 0 Å². The number of esters is 1. The number of hydrogen-bond donors (Lipinski definition) is 1.